The van der Waals surface area contributed by atoms with Gasteiger partial charge in [-0.2, -0.15) is 0 Å². The Morgan fingerprint density at radius 2 is 1.64 bits per heavy atom. The van der Waals surface area contributed by atoms with Gasteiger partial charge in [0.15, 0.2) is 0 Å². The lowest BCUT2D eigenvalue weighted by Gasteiger charge is -2.11. The zero-order valence-electron chi connectivity index (χ0n) is 12.1. The molecule has 2 N–H and O–H groups in total. The van der Waals surface area contributed by atoms with Crippen LogP contribution < -0.4 is 15.4 Å². The van der Waals surface area contributed by atoms with Crippen molar-refractivity contribution in [2.45, 2.75) is 0 Å². The van der Waals surface area contributed by atoms with Crippen LogP contribution in [0.3, 0.4) is 0 Å². The number of methoxy groups -OCH3 is 1. The molecule has 0 saturated carbocycles. The largest absolute Gasteiger partial charge is 0.495 e. The predicted octanol–water partition coefficient (Wildman–Crippen LogP) is 2.45. The molecule has 2 aromatic carbocycles. The van der Waals surface area contributed by atoms with Crippen molar-refractivity contribution in [1.29, 1.82) is 0 Å². The van der Waals surface area contributed by atoms with Crippen LogP contribution in [0.15, 0.2) is 42.5 Å². The predicted molar refractivity (Wildman–Crippen MR) is 80.7 cm³/mol. The summed E-state index contributed by atoms with van der Waals surface area (Å²) in [5.41, 5.74) is 1.16. The summed E-state index contributed by atoms with van der Waals surface area (Å²) in [6.07, 6.45) is 0. The van der Waals surface area contributed by atoms with Gasteiger partial charge in [-0.05, 0) is 42.5 Å². The van der Waals surface area contributed by atoms with Gasteiger partial charge in [-0.1, -0.05) is 0 Å². The minimum atomic E-state index is -0.413. The Morgan fingerprint density at radius 1 is 1.00 bits per heavy atom. The number of nitrogens with one attached hydrogen (secondary N) is 2. The van der Waals surface area contributed by atoms with E-state index in [0.29, 0.717) is 22.6 Å². The zero-order valence-corrected chi connectivity index (χ0v) is 12.1. The number of carbonyl (C=O) groups is 2. The molecule has 5 nitrogen and oxygen atoms in total. The number of anilines is 1. The summed E-state index contributed by atoms with van der Waals surface area (Å²) in [7, 11) is 2.97. The lowest BCUT2D eigenvalue weighted by molar-refractivity contribution is 0.0962. The van der Waals surface area contributed by atoms with E-state index in [-0.39, 0.29) is 5.91 Å². The standard InChI is InChI=1S/C16H15FN2O3/c1-18-15(20)11-5-8-13(14(9-11)22-2)19-16(21)10-3-6-12(17)7-4-10/h3-9H,1-2H3,(H,18,20)(H,19,21). The quantitative estimate of drug-likeness (QED) is 0.911. The average molecular weight is 302 g/mol. The fourth-order valence-corrected chi connectivity index (χ4v) is 1.88. The van der Waals surface area contributed by atoms with E-state index in [2.05, 4.69) is 10.6 Å². The molecule has 0 aliphatic rings. The van der Waals surface area contributed by atoms with Crippen molar-refractivity contribution >= 4 is 17.5 Å². The minimum absolute atomic E-state index is 0.255. The van der Waals surface area contributed by atoms with Crippen LogP contribution in [0.25, 0.3) is 0 Å². The van der Waals surface area contributed by atoms with Crippen LogP contribution >= 0.6 is 0 Å². The number of rotatable bonds is 4. The highest BCUT2D eigenvalue weighted by Gasteiger charge is 2.12. The summed E-state index contributed by atoms with van der Waals surface area (Å²) >= 11 is 0. The first-order valence-electron chi connectivity index (χ1n) is 6.52. The van der Waals surface area contributed by atoms with E-state index in [9.17, 15) is 14.0 Å². The number of hydrogen-bond acceptors (Lipinski definition) is 3. The van der Waals surface area contributed by atoms with Crippen molar-refractivity contribution in [3.63, 3.8) is 0 Å². The van der Waals surface area contributed by atoms with E-state index < -0.39 is 11.7 Å². The number of amides is 2. The molecule has 0 radical (unpaired) electrons. The van der Waals surface area contributed by atoms with Crippen LogP contribution in [0.2, 0.25) is 0 Å². The maximum Gasteiger partial charge on any atom is 0.255 e. The van der Waals surface area contributed by atoms with Crippen molar-refractivity contribution in [2.24, 2.45) is 0 Å². The van der Waals surface area contributed by atoms with E-state index in [1.807, 2.05) is 0 Å². The lowest BCUT2D eigenvalue weighted by Crippen LogP contribution is -2.18. The molecule has 2 aromatic rings. The average Bonchev–Trinajstić information content (AvgIpc) is 2.55. The van der Waals surface area contributed by atoms with Gasteiger partial charge < -0.3 is 15.4 Å². The highest BCUT2D eigenvalue weighted by atomic mass is 19.1. The van der Waals surface area contributed by atoms with Crippen molar-refractivity contribution in [3.8, 4) is 5.75 Å². The maximum absolute atomic E-state index is 12.9. The molecule has 0 saturated heterocycles. The van der Waals surface area contributed by atoms with Gasteiger partial charge in [-0.15, -0.1) is 0 Å². The van der Waals surface area contributed by atoms with Crippen LogP contribution in [-0.4, -0.2) is 26.0 Å². The summed E-state index contributed by atoms with van der Waals surface area (Å²) in [6, 6.07) is 9.86. The topological polar surface area (TPSA) is 67.4 Å². The van der Waals surface area contributed by atoms with Gasteiger partial charge in [0.25, 0.3) is 11.8 Å². The first-order valence-corrected chi connectivity index (χ1v) is 6.52. The molecule has 0 heterocycles. The molecule has 0 unspecified atom stereocenters. The van der Waals surface area contributed by atoms with Crippen molar-refractivity contribution in [1.82, 2.24) is 5.32 Å². The SMILES string of the molecule is CNC(=O)c1ccc(NC(=O)c2ccc(F)cc2)c(OC)c1. The molecule has 0 fully saturated rings. The Bertz CT molecular complexity index is 699. The van der Waals surface area contributed by atoms with Gasteiger partial charge >= 0.3 is 0 Å². The molecular formula is C16H15FN2O3. The van der Waals surface area contributed by atoms with Gasteiger partial charge in [0.1, 0.15) is 11.6 Å². The van der Waals surface area contributed by atoms with Gasteiger partial charge in [0.2, 0.25) is 0 Å². The van der Waals surface area contributed by atoms with Crippen LogP contribution in [-0.2, 0) is 0 Å². The molecular weight excluding hydrogens is 287 g/mol. The maximum atomic E-state index is 12.9. The van der Waals surface area contributed by atoms with Crippen LogP contribution in [0.4, 0.5) is 10.1 Å². The molecule has 0 bridgehead atoms. The summed E-state index contributed by atoms with van der Waals surface area (Å²) < 4.78 is 18.0. The first-order chi connectivity index (χ1) is 10.5. The highest BCUT2D eigenvalue weighted by Crippen LogP contribution is 2.26. The van der Waals surface area contributed by atoms with Gasteiger partial charge in [-0.3, -0.25) is 9.59 Å². The number of ether oxygens (including phenoxy) is 1. The van der Waals surface area contributed by atoms with Crippen molar-refractivity contribution < 1.29 is 18.7 Å². The fraction of sp³-hybridized carbons (Fsp3) is 0.125. The summed E-state index contributed by atoms with van der Waals surface area (Å²) in [5.74, 6) is -0.707. The van der Waals surface area contributed by atoms with Crippen molar-refractivity contribution in [3.05, 3.63) is 59.4 Å². The van der Waals surface area contributed by atoms with Gasteiger partial charge in [0.05, 0.1) is 12.8 Å². The third kappa shape index (κ3) is 3.41. The van der Waals surface area contributed by atoms with E-state index in [1.54, 1.807) is 12.1 Å². The fourth-order valence-electron chi connectivity index (χ4n) is 1.88. The Labute approximate surface area is 127 Å². The van der Waals surface area contributed by atoms with E-state index >= 15 is 0 Å². The second-order valence-electron chi connectivity index (χ2n) is 4.46. The lowest BCUT2D eigenvalue weighted by atomic mass is 10.1. The molecule has 22 heavy (non-hydrogen) atoms. The second-order valence-corrected chi connectivity index (χ2v) is 4.46. The van der Waals surface area contributed by atoms with Crippen LogP contribution in [0.5, 0.6) is 5.75 Å². The number of carbonyl (C=O) groups excluding carboxylic acids is 2. The molecule has 114 valence electrons. The Balaban J connectivity index is 2.23. The monoisotopic (exact) mass is 302 g/mol. The number of hydrogen-bond donors (Lipinski definition) is 2. The Kier molecular flexibility index (Phi) is 4.73. The summed E-state index contributed by atoms with van der Waals surface area (Å²) in [5, 5.41) is 5.17. The molecule has 0 atom stereocenters. The van der Waals surface area contributed by atoms with E-state index in [1.165, 1.54) is 44.5 Å². The summed E-state index contributed by atoms with van der Waals surface area (Å²) in [4.78, 5) is 23.7. The highest BCUT2D eigenvalue weighted by molar-refractivity contribution is 6.05. The van der Waals surface area contributed by atoms with Gasteiger partial charge in [0, 0.05) is 18.2 Å². The Hall–Kier alpha value is -2.89. The van der Waals surface area contributed by atoms with Crippen molar-refractivity contribution in [2.75, 3.05) is 19.5 Å². The third-order valence-electron chi connectivity index (χ3n) is 3.05. The van der Waals surface area contributed by atoms with Gasteiger partial charge in [-0.25, -0.2) is 4.39 Å². The zero-order chi connectivity index (χ0) is 16.1. The van der Waals surface area contributed by atoms with E-state index in [0.717, 1.165) is 0 Å². The molecule has 6 heteroatoms. The molecule has 2 amide bonds. The van der Waals surface area contributed by atoms with E-state index in [4.69, 9.17) is 4.74 Å². The minimum Gasteiger partial charge on any atom is -0.495 e. The summed E-state index contributed by atoms with van der Waals surface area (Å²) in [6.45, 7) is 0. The molecule has 0 aliphatic carbocycles. The Morgan fingerprint density at radius 3 is 2.23 bits per heavy atom. The van der Waals surface area contributed by atoms with Crippen LogP contribution in [0.1, 0.15) is 20.7 Å². The first kappa shape index (κ1) is 15.5. The molecule has 0 aromatic heterocycles. The van der Waals surface area contributed by atoms with Crippen LogP contribution in [0, 0.1) is 5.82 Å². The second kappa shape index (κ2) is 6.71. The smallest absolute Gasteiger partial charge is 0.255 e. The number of halogens is 1. The number of benzene rings is 2. The molecule has 0 aliphatic heterocycles. The third-order valence-corrected chi connectivity index (χ3v) is 3.05. The normalized spacial score (nSPS) is 9.95. The molecule has 0 spiro atoms. The molecule has 2 rings (SSSR count).